The smallest absolute Gasteiger partial charge is 0.305 e. The van der Waals surface area contributed by atoms with E-state index in [1.54, 1.807) is 0 Å². The van der Waals surface area contributed by atoms with Crippen LogP contribution in [0.1, 0.15) is 316 Å². The van der Waals surface area contributed by atoms with E-state index in [0.29, 0.717) is 25.9 Å². The fourth-order valence-corrected chi connectivity index (χ4v) is 8.93. The maximum atomic E-state index is 12.5. The van der Waals surface area contributed by atoms with E-state index in [2.05, 4.69) is 31.3 Å². The van der Waals surface area contributed by atoms with Crippen molar-refractivity contribution in [1.29, 1.82) is 0 Å². The fourth-order valence-electron chi connectivity index (χ4n) is 8.93. The molecule has 2 atom stereocenters. The SMILES string of the molecule is CCCCCCCCC/C=C\CCCCCCCC(=O)OCCCCCCCCCCCC(=O)NC(CO)C(O)CCCCCCCCCCCCCCCCCCCCCCC. The molecular formula is C57H111NO5. The van der Waals surface area contributed by atoms with E-state index in [1.165, 1.54) is 225 Å². The Morgan fingerprint density at radius 3 is 1.13 bits per heavy atom. The quantitative estimate of drug-likeness (QED) is 0.0321. The molecule has 3 N–H and O–H groups in total. The summed E-state index contributed by atoms with van der Waals surface area (Å²) in [6.07, 6.45) is 61.9. The van der Waals surface area contributed by atoms with Crippen LogP contribution >= 0.6 is 0 Å². The van der Waals surface area contributed by atoms with Crippen molar-refractivity contribution < 1.29 is 24.5 Å². The summed E-state index contributed by atoms with van der Waals surface area (Å²) < 4.78 is 5.46. The zero-order valence-electron chi connectivity index (χ0n) is 42.6. The second-order valence-corrected chi connectivity index (χ2v) is 19.6. The summed E-state index contributed by atoms with van der Waals surface area (Å²) in [5, 5.41) is 23.3. The molecule has 0 aromatic carbocycles. The van der Waals surface area contributed by atoms with E-state index >= 15 is 0 Å². The molecule has 0 heterocycles. The van der Waals surface area contributed by atoms with E-state index in [9.17, 15) is 19.8 Å². The van der Waals surface area contributed by atoms with Gasteiger partial charge in [0.25, 0.3) is 0 Å². The molecule has 0 fully saturated rings. The van der Waals surface area contributed by atoms with Gasteiger partial charge in [-0.15, -0.1) is 0 Å². The summed E-state index contributed by atoms with van der Waals surface area (Å²) in [5.74, 6) is -0.0909. The van der Waals surface area contributed by atoms with Crippen molar-refractivity contribution in [2.45, 2.75) is 328 Å². The Bertz CT molecular complexity index is 939. The maximum absolute atomic E-state index is 12.5. The van der Waals surface area contributed by atoms with Gasteiger partial charge in [0, 0.05) is 12.8 Å². The summed E-state index contributed by atoms with van der Waals surface area (Å²) in [5.41, 5.74) is 0. The molecule has 6 nitrogen and oxygen atoms in total. The molecule has 2 unspecified atom stereocenters. The molecular weight excluding hydrogens is 779 g/mol. The molecule has 0 aliphatic rings. The van der Waals surface area contributed by atoms with Crippen molar-refractivity contribution in [3.63, 3.8) is 0 Å². The van der Waals surface area contributed by atoms with Crippen LogP contribution in [0.25, 0.3) is 0 Å². The zero-order valence-corrected chi connectivity index (χ0v) is 42.6. The lowest BCUT2D eigenvalue weighted by Crippen LogP contribution is -2.45. The highest BCUT2D eigenvalue weighted by Gasteiger charge is 2.20. The molecule has 0 saturated carbocycles. The molecule has 6 heteroatoms. The number of esters is 1. The topological polar surface area (TPSA) is 95.9 Å². The number of nitrogens with one attached hydrogen (secondary N) is 1. The average molecular weight is 891 g/mol. The van der Waals surface area contributed by atoms with Gasteiger partial charge in [0.2, 0.25) is 5.91 Å². The molecule has 0 spiro atoms. The molecule has 0 saturated heterocycles. The van der Waals surface area contributed by atoms with Crippen LogP contribution in [0.2, 0.25) is 0 Å². The van der Waals surface area contributed by atoms with Gasteiger partial charge in [-0.1, -0.05) is 264 Å². The number of hydrogen-bond acceptors (Lipinski definition) is 5. The van der Waals surface area contributed by atoms with Crippen LogP contribution in [0, 0.1) is 0 Å². The number of carbonyl (C=O) groups is 2. The second-order valence-electron chi connectivity index (χ2n) is 19.6. The molecule has 0 aliphatic carbocycles. The molecule has 0 rings (SSSR count). The minimum Gasteiger partial charge on any atom is -0.466 e. The van der Waals surface area contributed by atoms with Gasteiger partial charge in [-0.3, -0.25) is 9.59 Å². The molecule has 0 aromatic rings. The van der Waals surface area contributed by atoms with Crippen LogP contribution in [0.5, 0.6) is 0 Å². The van der Waals surface area contributed by atoms with Crippen molar-refractivity contribution in [3.8, 4) is 0 Å². The van der Waals surface area contributed by atoms with Gasteiger partial charge in [0.1, 0.15) is 0 Å². The Morgan fingerprint density at radius 1 is 0.429 bits per heavy atom. The van der Waals surface area contributed by atoms with Gasteiger partial charge in [-0.05, 0) is 51.4 Å². The van der Waals surface area contributed by atoms with Crippen LogP contribution in [0.3, 0.4) is 0 Å². The first-order valence-corrected chi connectivity index (χ1v) is 28.4. The number of rotatable bonds is 53. The summed E-state index contributed by atoms with van der Waals surface area (Å²) in [6, 6.07) is -0.562. The normalized spacial score (nSPS) is 12.6. The Morgan fingerprint density at radius 2 is 0.746 bits per heavy atom. The predicted octanol–water partition coefficient (Wildman–Crippen LogP) is 17.3. The Hall–Kier alpha value is -1.40. The number of allylic oxidation sites excluding steroid dienone is 2. The Kier molecular flexibility index (Phi) is 52.0. The van der Waals surface area contributed by atoms with Crippen molar-refractivity contribution >= 4 is 11.9 Å². The van der Waals surface area contributed by atoms with E-state index in [1.807, 2.05) is 0 Å². The summed E-state index contributed by atoms with van der Waals surface area (Å²) in [7, 11) is 0. The number of unbranched alkanes of at least 4 members (excludes halogenated alkanes) is 40. The highest BCUT2D eigenvalue weighted by atomic mass is 16.5. The minimum absolute atomic E-state index is 0.0312. The molecule has 374 valence electrons. The lowest BCUT2D eigenvalue weighted by atomic mass is 10.0. The standard InChI is InChI=1S/C57H111NO5/c1-3-5-7-9-11-13-15-17-19-21-22-23-24-25-26-28-30-33-37-41-45-49-55(60)54(53-59)58-56(61)50-46-42-38-34-32-36-40-44-48-52-63-57(62)51-47-43-39-35-31-29-27-20-18-16-14-12-10-8-6-4-2/h20,27,54-55,59-60H,3-19,21-26,28-53H2,1-2H3,(H,58,61)/b27-20-. The summed E-state index contributed by atoms with van der Waals surface area (Å²) in [6.45, 7) is 4.91. The lowest BCUT2D eigenvalue weighted by Gasteiger charge is -2.22. The molecule has 0 aromatic heterocycles. The van der Waals surface area contributed by atoms with Gasteiger partial charge in [-0.25, -0.2) is 0 Å². The minimum atomic E-state index is -0.682. The van der Waals surface area contributed by atoms with Gasteiger partial charge < -0.3 is 20.3 Å². The fraction of sp³-hybridized carbons (Fsp3) is 0.930. The number of carbonyl (C=O) groups excluding carboxylic acids is 2. The third kappa shape index (κ3) is 49.9. The molecule has 0 radical (unpaired) electrons. The van der Waals surface area contributed by atoms with Crippen molar-refractivity contribution in [1.82, 2.24) is 5.32 Å². The number of hydrogen-bond donors (Lipinski definition) is 3. The van der Waals surface area contributed by atoms with E-state index in [0.717, 1.165) is 57.8 Å². The second kappa shape index (κ2) is 53.2. The first-order chi connectivity index (χ1) is 31.0. The van der Waals surface area contributed by atoms with E-state index < -0.39 is 12.1 Å². The monoisotopic (exact) mass is 890 g/mol. The molecule has 63 heavy (non-hydrogen) atoms. The Labute approximate surface area is 393 Å². The number of aliphatic hydroxyl groups excluding tert-OH is 2. The largest absolute Gasteiger partial charge is 0.466 e. The highest BCUT2D eigenvalue weighted by molar-refractivity contribution is 5.76. The van der Waals surface area contributed by atoms with Crippen LogP contribution in [0.4, 0.5) is 0 Å². The zero-order chi connectivity index (χ0) is 45.8. The van der Waals surface area contributed by atoms with Crippen LogP contribution in [-0.4, -0.2) is 47.4 Å². The van der Waals surface area contributed by atoms with Gasteiger partial charge in [-0.2, -0.15) is 0 Å². The maximum Gasteiger partial charge on any atom is 0.305 e. The third-order valence-electron chi connectivity index (χ3n) is 13.3. The van der Waals surface area contributed by atoms with Crippen LogP contribution in [-0.2, 0) is 14.3 Å². The lowest BCUT2D eigenvalue weighted by molar-refractivity contribution is -0.143. The number of amides is 1. The first kappa shape index (κ1) is 61.6. The summed E-state index contributed by atoms with van der Waals surface area (Å²) in [4.78, 5) is 24.6. The van der Waals surface area contributed by atoms with Crippen LogP contribution in [0.15, 0.2) is 12.2 Å². The van der Waals surface area contributed by atoms with Crippen molar-refractivity contribution in [2.75, 3.05) is 13.2 Å². The highest BCUT2D eigenvalue weighted by Crippen LogP contribution is 2.17. The Balaban J connectivity index is 3.47. The molecule has 1 amide bonds. The predicted molar refractivity (Wildman–Crippen MR) is 273 cm³/mol. The average Bonchev–Trinajstić information content (AvgIpc) is 3.28. The molecule has 0 bridgehead atoms. The van der Waals surface area contributed by atoms with E-state index in [-0.39, 0.29) is 18.5 Å². The van der Waals surface area contributed by atoms with Gasteiger partial charge >= 0.3 is 5.97 Å². The molecule has 0 aliphatic heterocycles. The van der Waals surface area contributed by atoms with Crippen LogP contribution < -0.4 is 5.32 Å². The number of ether oxygens (including phenoxy) is 1. The van der Waals surface area contributed by atoms with Crippen molar-refractivity contribution in [2.24, 2.45) is 0 Å². The van der Waals surface area contributed by atoms with Gasteiger partial charge in [0.15, 0.2) is 0 Å². The summed E-state index contributed by atoms with van der Waals surface area (Å²) >= 11 is 0. The first-order valence-electron chi connectivity index (χ1n) is 28.4. The number of aliphatic hydroxyl groups is 2. The van der Waals surface area contributed by atoms with Crippen molar-refractivity contribution in [3.05, 3.63) is 12.2 Å². The third-order valence-corrected chi connectivity index (χ3v) is 13.3. The van der Waals surface area contributed by atoms with Gasteiger partial charge in [0.05, 0.1) is 25.4 Å². The van der Waals surface area contributed by atoms with E-state index in [4.69, 9.17) is 4.74 Å².